The molecule has 0 saturated carbocycles. The lowest BCUT2D eigenvalue weighted by Crippen LogP contribution is -2.41. The average molecular weight is 409 g/mol. The topological polar surface area (TPSA) is 93.4 Å². The van der Waals surface area contributed by atoms with Crippen molar-refractivity contribution in [3.05, 3.63) is 99.9 Å². The van der Waals surface area contributed by atoms with Gasteiger partial charge in [0.15, 0.2) is 0 Å². The van der Waals surface area contributed by atoms with Gasteiger partial charge in [-0.3, -0.25) is 15.1 Å². The molecule has 8 heteroatoms. The van der Waals surface area contributed by atoms with E-state index in [4.69, 9.17) is 0 Å². The van der Waals surface area contributed by atoms with Gasteiger partial charge in [0.05, 0.1) is 15.9 Å². The van der Waals surface area contributed by atoms with Crippen LogP contribution in [0.1, 0.15) is 22.7 Å². The van der Waals surface area contributed by atoms with Crippen molar-refractivity contribution < 1.29 is 13.3 Å². The van der Waals surface area contributed by atoms with Crippen molar-refractivity contribution >= 4 is 15.7 Å². The van der Waals surface area contributed by atoms with Crippen LogP contribution < -0.4 is 0 Å². The molecular weight excluding hydrogens is 390 g/mol. The fraction of sp³-hybridized carbons (Fsp3) is 0.190. The first-order valence-corrected chi connectivity index (χ1v) is 10.6. The van der Waals surface area contributed by atoms with E-state index < -0.39 is 14.9 Å². The third-order valence-electron chi connectivity index (χ3n) is 5.20. The maximum atomic E-state index is 13.4. The van der Waals surface area contributed by atoms with Crippen LogP contribution in [-0.4, -0.2) is 29.2 Å². The van der Waals surface area contributed by atoms with Crippen LogP contribution in [0.4, 0.5) is 5.69 Å². The first kappa shape index (κ1) is 19.2. The second-order valence-electron chi connectivity index (χ2n) is 6.89. The molecule has 2 aromatic carbocycles. The molecule has 0 bridgehead atoms. The number of rotatable bonds is 5. The Morgan fingerprint density at radius 3 is 2.41 bits per heavy atom. The minimum absolute atomic E-state index is 0.0576. The number of hydrogen-bond acceptors (Lipinski definition) is 5. The number of nitrogens with zero attached hydrogens (tertiary/aromatic N) is 3. The van der Waals surface area contributed by atoms with Gasteiger partial charge in [-0.25, -0.2) is 8.42 Å². The predicted molar refractivity (Wildman–Crippen MR) is 108 cm³/mol. The number of pyridine rings is 1. The van der Waals surface area contributed by atoms with Gasteiger partial charge in [0.1, 0.15) is 0 Å². The SMILES string of the molecule is O=[N+]([O-])c1ccc(S(=O)(=O)N2CCc3ccccc3C2Cc2ccncc2)cc1. The second-order valence-corrected chi connectivity index (χ2v) is 8.78. The monoisotopic (exact) mass is 409 g/mol. The van der Waals surface area contributed by atoms with Crippen molar-refractivity contribution in [2.24, 2.45) is 0 Å². The first-order valence-electron chi connectivity index (χ1n) is 9.20. The van der Waals surface area contributed by atoms with Crippen molar-refractivity contribution in [2.45, 2.75) is 23.8 Å². The quantitative estimate of drug-likeness (QED) is 0.475. The van der Waals surface area contributed by atoms with E-state index in [1.165, 1.54) is 28.6 Å². The van der Waals surface area contributed by atoms with Crippen LogP contribution >= 0.6 is 0 Å². The van der Waals surface area contributed by atoms with Crippen LogP contribution in [0.2, 0.25) is 0 Å². The van der Waals surface area contributed by atoms with Crippen LogP contribution in [0.5, 0.6) is 0 Å². The number of nitro groups is 1. The van der Waals surface area contributed by atoms with Crippen LogP contribution in [-0.2, 0) is 22.9 Å². The van der Waals surface area contributed by atoms with Gasteiger partial charge in [0, 0.05) is 31.1 Å². The van der Waals surface area contributed by atoms with Crippen molar-refractivity contribution in [2.75, 3.05) is 6.54 Å². The second kappa shape index (κ2) is 7.73. The molecule has 7 nitrogen and oxygen atoms in total. The first-order chi connectivity index (χ1) is 14.0. The third kappa shape index (κ3) is 3.76. The number of non-ortho nitro benzene ring substituents is 1. The molecule has 0 amide bonds. The highest BCUT2D eigenvalue weighted by molar-refractivity contribution is 7.89. The van der Waals surface area contributed by atoms with Gasteiger partial charge in [0.2, 0.25) is 10.0 Å². The molecule has 4 rings (SSSR count). The lowest BCUT2D eigenvalue weighted by molar-refractivity contribution is -0.384. The smallest absolute Gasteiger partial charge is 0.265 e. The Kier molecular flexibility index (Phi) is 5.12. The molecule has 0 fully saturated rings. The summed E-state index contributed by atoms with van der Waals surface area (Å²) in [4.78, 5) is 14.4. The van der Waals surface area contributed by atoms with Crippen molar-refractivity contribution in [3.8, 4) is 0 Å². The lowest BCUT2D eigenvalue weighted by Gasteiger charge is -2.36. The van der Waals surface area contributed by atoms with Crippen molar-refractivity contribution in [1.82, 2.24) is 9.29 Å². The zero-order chi connectivity index (χ0) is 20.4. The van der Waals surface area contributed by atoms with E-state index in [1.54, 1.807) is 12.4 Å². The molecule has 1 unspecified atom stereocenters. The zero-order valence-electron chi connectivity index (χ0n) is 15.5. The predicted octanol–water partition coefficient (Wildman–Crippen LogP) is 3.52. The molecular formula is C21H19N3O4S. The Bertz CT molecular complexity index is 1130. The van der Waals surface area contributed by atoms with E-state index in [0.717, 1.165) is 16.7 Å². The summed E-state index contributed by atoms with van der Waals surface area (Å²) in [5.41, 5.74) is 2.98. The number of sulfonamides is 1. The van der Waals surface area contributed by atoms with E-state index >= 15 is 0 Å². The Balaban J connectivity index is 1.75. The normalized spacial score (nSPS) is 16.9. The maximum absolute atomic E-state index is 13.4. The molecule has 0 aliphatic carbocycles. The Hall–Kier alpha value is -3.10. The zero-order valence-corrected chi connectivity index (χ0v) is 16.3. The molecule has 0 N–H and O–H groups in total. The van der Waals surface area contributed by atoms with Gasteiger partial charge >= 0.3 is 0 Å². The number of aromatic nitrogens is 1. The Labute approximate surface area is 168 Å². The molecule has 1 aliphatic heterocycles. The van der Waals surface area contributed by atoms with Gasteiger partial charge in [0.25, 0.3) is 5.69 Å². The summed E-state index contributed by atoms with van der Waals surface area (Å²) < 4.78 is 28.4. The van der Waals surface area contributed by atoms with Crippen LogP contribution in [0.15, 0.2) is 78.0 Å². The summed E-state index contributed by atoms with van der Waals surface area (Å²) >= 11 is 0. The van der Waals surface area contributed by atoms with Gasteiger partial charge in [-0.1, -0.05) is 24.3 Å². The largest absolute Gasteiger partial charge is 0.269 e. The molecule has 2 heterocycles. The van der Waals surface area contributed by atoms with Gasteiger partial charge < -0.3 is 0 Å². The standard InChI is InChI=1S/C21H19N3O4S/c25-24(26)18-5-7-19(8-6-18)29(27,28)23-14-11-17-3-1-2-4-20(17)21(23)15-16-9-12-22-13-10-16/h1-10,12-13,21H,11,14-15H2. The highest BCUT2D eigenvalue weighted by atomic mass is 32.2. The van der Waals surface area contributed by atoms with E-state index in [2.05, 4.69) is 4.98 Å². The molecule has 148 valence electrons. The van der Waals surface area contributed by atoms with E-state index in [1.807, 2.05) is 36.4 Å². The fourth-order valence-corrected chi connectivity index (χ4v) is 5.35. The van der Waals surface area contributed by atoms with E-state index in [9.17, 15) is 18.5 Å². The molecule has 3 aromatic rings. The van der Waals surface area contributed by atoms with E-state index in [-0.39, 0.29) is 16.6 Å². The maximum Gasteiger partial charge on any atom is 0.269 e. The van der Waals surface area contributed by atoms with Crippen molar-refractivity contribution in [1.29, 1.82) is 0 Å². The van der Waals surface area contributed by atoms with Gasteiger partial charge in [-0.2, -0.15) is 4.31 Å². The van der Waals surface area contributed by atoms with Gasteiger partial charge in [-0.05, 0) is 53.8 Å². The van der Waals surface area contributed by atoms with E-state index in [0.29, 0.717) is 19.4 Å². The third-order valence-corrected chi connectivity index (χ3v) is 7.12. The summed E-state index contributed by atoms with van der Waals surface area (Å²) in [7, 11) is -3.82. The molecule has 0 saturated heterocycles. The van der Waals surface area contributed by atoms with Gasteiger partial charge in [-0.15, -0.1) is 0 Å². The Morgan fingerprint density at radius 2 is 1.72 bits per heavy atom. The van der Waals surface area contributed by atoms with Crippen LogP contribution in [0, 0.1) is 10.1 Å². The molecule has 1 aliphatic rings. The summed E-state index contributed by atoms with van der Waals surface area (Å²) in [6.07, 6.45) is 4.53. The minimum atomic E-state index is -3.82. The highest BCUT2D eigenvalue weighted by Gasteiger charge is 2.36. The minimum Gasteiger partial charge on any atom is -0.265 e. The number of hydrogen-bond donors (Lipinski definition) is 0. The number of benzene rings is 2. The summed E-state index contributed by atoms with van der Waals surface area (Å²) in [5, 5.41) is 10.9. The Morgan fingerprint density at radius 1 is 1.03 bits per heavy atom. The fourth-order valence-electron chi connectivity index (χ4n) is 3.75. The summed E-state index contributed by atoms with van der Waals surface area (Å²) in [5.74, 6) is 0. The number of nitro benzene ring substituents is 1. The van der Waals surface area contributed by atoms with Crippen LogP contribution in [0.25, 0.3) is 0 Å². The molecule has 29 heavy (non-hydrogen) atoms. The highest BCUT2D eigenvalue weighted by Crippen LogP contribution is 2.36. The molecule has 1 atom stereocenters. The molecule has 0 spiro atoms. The van der Waals surface area contributed by atoms with Crippen LogP contribution in [0.3, 0.4) is 0 Å². The summed E-state index contributed by atoms with van der Waals surface area (Å²) in [6, 6.07) is 16.3. The molecule has 0 radical (unpaired) electrons. The lowest BCUT2D eigenvalue weighted by atomic mass is 9.90. The molecule has 1 aromatic heterocycles. The average Bonchev–Trinajstić information content (AvgIpc) is 2.74. The van der Waals surface area contributed by atoms with Crippen molar-refractivity contribution in [3.63, 3.8) is 0 Å². The summed E-state index contributed by atoms with van der Waals surface area (Å²) in [6.45, 7) is 0.353. The number of fused-ring (bicyclic) bond motifs is 1.